The summed E-state index contributed by atoms with van der Waals surface area (Å²) >= 11 is 19.3. The first-order valence-electron chi connectivity index (χ1n) is 21.0. The number of benzene rings is 2. The number of aromatic nitrogens is 12. The van der Waals surface area contributed by atoms with E-state index in [0.717, 1.165) is 43.6 Å². The van der Waals surface area contributed by atoms with Crippen molar-refractivity contribution in [2.45, 2.75) is 49.4 Å². The zero-order chi connectivity index (χ0) is 63.3. The Morgan fingerprint density at radius 1 is 0.250 bits per heavy atom. The van der Waals surface area contributed by atoms with Crippen LogP contribution in [0.1, 0.15) is 45.6 Å². The predicted octanol–water partition coefficient (Wildman–Crippen LogP) is 16.5. The minimum absolute atomic E-state index is 0. The third kappa shape index (κ3) is 21.2. The molecular weight excluding hydrogens is 1730 g/mol. The first-order valence-corrected chi connectivity index (χ1v) is 22.5. The van der Waals surface area contributed by atoms with Crippen molar-refractivity contribution >= 4 is 90.0 Å². The van der Waals surface area contributed by atoms with Gasteiger partial charge >= 0.3 is 139 Å². The summed E-state index contributed by atoms with van der Waals surface area (Å²) in [5.41, 5.74) is -10.7. The van der Waals surface area contributed by atoms with Crippen LogP contribution in [-0.4, -0.2) is 40.3 Å². The molecule has 0 aliphatic heterocycles. The molecule has 12 nitrogen and oxygen atoms in total. The SMILES string of the molecule is FC(F)(F)c1n[n-]c(C(F)(F)F)c1Cl.FC(F)(F)c1n[n-]c(C(F)(F)F)c1Cl.FC(F)(F)c1n[n-]c(C(F)(F)F)c1Cl.FC(F)(F)c1n[n-]c(C(F)(F)F)c1Cl.[Ag+].[Ag+].[Ag+].[Ag+].c1cnc2c(c1)ccc1cccnc12.c1cnc2c(c1)ccc1cccnc12. The number of halogens is 28. The van der Waals surface area contributed by atoms with Gasteiger partial charge in [-0.25, -0.2) is 0 Å². The van der Waals surface area contributed by atoms with Crippen LogP contribution in [0.25, 0.3) is 43.6 Å². The zero-order valence-electron chi connectivity index (χ0n) is 40.4. The third-order valence-corrected chi connectivity index (χ3v) is 10.9. The maximum absolute atomic E-state index is 11.9. The van der Waals surface area contributed by atoms with Crippen molar-refractivity contribution in [2.24, 2.45) is 0 Å². The van der Waals surface area contributed by atoms with Crippen LogP contribution in [-0.2, 0) is 139 Å². The number of rotatable bonds is 0. The Morgan fingerprint density at radius 2 is 0.409 bits per heavy atom. The van der Waals surface area contributed by atoms with E-state index < -0.39 is 115 Å². The summed E-state index contributed by atoms with van der Waals surface area (Å²) in [6.45, 7) is 0. The van der Waals surface area contributed by atoms with E-state index in [1.165, 1.54) is 0 Å². The van der Waals surface area contributed by atoms with Crippen LogP contribution in [0.3, 0.4) is 0 Å². The van der Waals surface area contributed by atoms with Gasteiger partial charge in [0.15, 0.2) is 0 Å². The molecule has 0 saturated heterocycles. The Balaban J connectivity index is 0.000000523. The molecule has 0 saturated carbocycles. The fourth-order valence-corrected chi connectivity index (χ4v) is 7.17. The van der Waals surface area contributed by atoms with Gasteiger partial charge in [0.2, 0.25) is 0 Å². The van der Waals surface area contributed by atoms with E-state index in [4.69, 9.17) is 46.4 Å². The fraction of sp³-hybridized carbons (Fsp3) is 0.182. The van der Waals surface area contributed by atoms with Crippen LogP contribution in [0.4, 0.5) is 105 Å². The van der Waals surface area contributed by atoms with Gasteiger partial charge in [0.25, 0.3) is 0 Å². The van der Waals surface area contributed by atoms with E-state index in [2.05, 4.69) is 109 Å². The van der Waals surface area contributed by atoms with Gasteiger partial charge in [-0.1, -0.05) is 94.9 Å². The molecule has 8 heterocycles. The van der Waals surface area contributed by atoms with E-state index in [1.807, 2.05) is 24.3 Å². The van der Waals surface area contributed by atoms with E-state index in [-0.39, 0.29) is 89.5 Å². The van der Waals surface area contributed by atoms with Crippen molar-refractivity contribution in [1.82, 2.24) is 60.7 Å². The van der Waals surface area contributed by atoms with Crippen molar-refractivity contribution in [2.75, 3.05) is 0 Å². The maximum Gasteiger partial charge on any atom is 1.00 e. The van der Waals surface area contributed by atoms with Crippen LogP contribution >= 0.6 is 46.4 Å². The molecule has 88 heavy (non-hydrogen) atoms. The summed E-state index contributed by atoms with van der Waals surface area (Å²) in [7, 11) is 0. The molecule has 0 N–H and O–H groups in total. The molecule has 0 unspecified atom stereocenters. The Bertz CT molecular complexity index is 3240. The second-order valence-corrected chi connectivity index (χ2v) is 16.8. The molecule has 2 aromatic carbocycles. The van der Waals surface area contributed by atoms with Gasteiger partial charge in [-0.3, -0.25) is 19.9 Å². The van der Waals surface area contributed by atoms with E-state index in [1.54, 1.807) is 24.8 Å². The average Bonchev–Trinajstić information content (AvgIpc) is 1.74. The quantitative estimate of drug-likeness (QED) is 0.0804. The minimum atomic E-state index is -5.03. The molecule has 492 valence electrons. The van der Waals surface area contributed by atoms with Crippen LogP contribution in [0, 0.1) is 0 Å². The Morgan fingerprint density at radius 3 is 0.523 bits per heavy atom. The Kier molecular flexibility index (Phi) is 29.2. The number of fused-ring (bicyclic) bond motifs is 6. The van der Waals surface area contributed by atoms with Crippen LogP contribution in [0.15, 0.2) is 97.6 Å². The molecule has 44 heteroatoms. The summed E-state index contributed by atoms with van der Waals surface area (Å²) in [6, 6.07) is 24.3. The molecule has 0 aliphatic carbocycles. The zero-order valence-corrected chi connectivity index (χ0v) is 49.3. The summed E-state index contributed by atoms with van der Waals surface area (Å²) in [6.07, 6.45) is -33.1. The van der Waals surface area contributed by atoms with Crippen molar-refractivity contribution in [3.63, 3.8) is 0 Å². The summed E-state index contributed by atoms with van der Waals surface area (Å²) < 4.78 is 286. The van der Waals surface area contributed by atoms with Crippen molar-refractivity contribution in [3.8, 4) is 0 Å². The van der Waals surface area contributed by atoms with Gasteiger partial charge in [0.05, 0.1) is 42.2 Å². The normalized spacial score (nSPS) is 12.0. The Labute approximate surface area is 554 Å². The number of pyridine rings is 4. The number of alkyl halides is 24. The minimum Gasteiger partial charge on any atom is -0.570 e. The van der Waals surface area contributed by atoms with E-state index in [0.29, 0.717) is 0 Å². The summed E-state index contributed by atoms with van der Waals surface area (Å²) in [5.74, 6) is 0. The largest absolute Gasteiger partial charge is 1.00 e. The second-order valence-electron chi connectivity index (χ2n) is 15.3. The Hall–Kier alpha value is -4.64. The molecule has 0 spiro atoms. The first kappa shape index (κ1) is 81.4. The van der Waals surface area contributed by atoms with Gasteiger partial charge in [0.1, 0.15) is 22.8 Å². The molecule has 0 radical (unpaired) electrons. The molecule has 0 amide bonds. The third-order valence-electron chi connectivity index (χ3n) is 9.50. The van der Waals surface area contributed by atoms with Gasteiger partial charge in [-0.05, 0) is 47.0 Å². The maximum atomic E-state index is 11.9. The molecule has 10 aromatic rings. The van der Waals surface area contributed by atoms with Crippen molar-refractivity contribution in [3.05, 3.63) is 163 Å². The van der Waals surface area contributed by atoms with E-state index in [9.17, 15) is 105 Å². The monoisotopic (exact) mass is 1740 g/mol. The predicted molar refractivity (Wildman–Crippen MR) is 244 cm³/mol. The first-order chi connectivity index (χ1) is 38.5. The van der Waals surface area contributed by atoms with Crippen LogP contribution in [0.2, 0.25) is 20.1 Å². The molecule has 0 bridgehead atoms. The van der Waals surface area contributed by atoms with Crippen LogP contribution in [0.5, 0.6) is 0 Å². The average molecular weight is 1740 g/mol. The number of hydrogen-bond donors (Lipinski definition) is 0. The van der Waals surface area contributed by atoms with Crippen molar-refractivity contribution < 1.29 is 195 Å². The number of nitrogens with zero attached hydrogens (tertiary/aromatic N) is 12. The van der Waals surface area contributed by atoms with Crippen molar-refractivity contribution in [1.29, 1.82) is 0 Å². The van der Waals surface area contributed by atoms with E-state index >= 15 is 0 Å². The standard InChI is InChI=1S/2C12H8N2.4C5ClF6N2.4Ag/c2*1-3-9-5-6-10-4-2-8-14-12(10)11(9)13-7-1;4*6-1-2(4(7,8)9)13-14-3(1)5(10,11)12;;;;/h2*1-8H;;;;;;;;/q;;4*-1;4*+1. The molecule has 0 aliphatic rings. The summed E-state index contributed by atoms with van der Waals surface area (Å²) in [4.78, 5) is 17.4. The smallest absolute Gasteiger partial charge is 0.570 e. The van der Waals surface area contributed by atoms with Gasteiger partial charge < -0.3 is 40.8 Å². The topological polar surface area (TPSA) is 160 Å². The van der Waals surface area contributed by atoms with Gasteiger partial charge in [-0.15, -0.1) is 0 Å². The number of hydrogen-bond acceptors (Lipinski definition) is 8. The van der Waals surface area contributed by atoms with Crippen LogP contribution < -0.4 is 20.4 Å². The van der Waals surface area contributed by atoms with Gasteiger partial charge in [-0.2, -0.15) is 105 Å². The fourth-order valence-electron chi connectivity index (χ4n) is 6.01. The summed E-state index contributed by atoms with van der Waals surface area (Å²) in [5, 5.41) is 17.1. The second kappa shape index (κ2) is 31.6. The molecule has 8 aromatic heterocycles. The van der Waals surface area contributed by atoms with Gasteiger partial charge in [0, 0.05) is 46.3 Å². The molecular formula is C44H16Ag4Cl4F24N12. The molecule has 0 atom stereocenters. The molecule has 0 fully saturated rings. The molecule has 10 rings (SSSR count).